The van der Waals surface area contributed by atoms with Gasteiger partial charge in [0.15, 0.2) is 11.5 Å². The average molecular weight is 389 g/mol. The Kier molecular flexibility index (Phi) is 4.74. The van der Waals surface area contributed by atoms with E-state index < -0.39 is 0 Å². The predicted octanol–water partition coefficient (Wildman–Crippen LogP) is 5.52. The summed E-state index contributed by atoms with van der Waals surface area (Å²) in [5.74, 6) is 0.960. The molecule has 0 aliphatic heterocycles. The van der Waals surface area contributed by atoms with Crippen molar-refractivity contribution in [2.45, 2.75) is 64.0 Å². The summed E-state index contributed by atoms with van der Waals surface area (Å²) < 4.78 is 8.34. The third-order valence-electron chi connectivity index (χ3n) is 6.06. The minimum Gasteiger partial charge on any atom is -0.449 e. The van der Waals surface area contributed by atoms with Crippen LogP contribution in [0, 0.1) is 6.92 Å². The fourth-order valence-electron chi connectivity index (χ4n) is 4.24. The van der Waals surface area contributed by atoms with E-state index in [0.717, 1.165) is 42.6 Å². The van der Waals surface area contributed by atoms with Gasteiger partial charge in [0, 0.05) is 17.6 Å². The number of nitrogens with one attached hydrogen (secondary N) is 1. The molecule has 29 heavy (non-hydrogen) atoms. The zero-order chi connectivity index (χ0) is 19.8. The maximum absolute atomic E-state index is 12.4. The SMILES string of the molecule is Cc1ccc(-c2ncn(C3CCCCC3)c2-c2ccc(C(=O)NC3CC3)o2)cc1. The summed E-state index contributed by atoms with van der Waals surface area (Å²) in [7, 11) is 0. The molecule has 3 aromatic rings. The molecule has 2 fully saturated rings. The molecule has 1 N–H and O–H groups in total. The lowest BCUT2D eigenvalue weighted by Crippen LogP contribution is -2.24. The van der Waals surface area contributed by atoms with Gasteiger partial charge >= 0.3 is 0 Å². The minimum atomic E-state index is -0.126. The Morgan fingerprint density at radius 1 is 1.03 bits per heavy atom. The zero-order valence-corrected chi connectivity index (χ0v) is 16.9. The van der Waals surface area contributed by atoms with Crippen LogP contribution in [0.25, 0.3) is 22.7 Å². The van der Waals surface area contributed by atoms with E-state index in [9.17, 15) is 4.79 Å². The zero-order valence-electron chi connectivity index (χ0n) is 16.9. The Bertz CT molecular complexity index is 1010. The number of carbonyl (C=O) groups excluding carboxylic acids is 1. The van der Waals surface area contributed by atoms with Crippen LogP contribution >= 0.6 is 0 Å². The van der Waals surface area contributed by atoms with Gasteiger partial charge in [-0.05, 0) is 44.7 Å². The Hall–Kier alpha value is -2.82. The number of rotatable bonds is 5. The molecule has 0 saturated heterocycles. The largest absolute Gasteiger partial charge is 0.449 e. The first kappa shape index (κ1) is 18.2. The molecule has 0 spiro atoms. The van der Waals surface area contributed by atoms with Crippen molar-refractivity contribution in [3.63, 3.8) is 0 Å². The molecular weight excluding hydrogens is 362 g/mol. The molecule has 5 nitrogen and oxygen atoms in total. The van der Waals surface area contributed by atoms with Crippen LogP contribution in [0.2, 0.25) is 0 Å². The van der Waals surface area contributed by atoms with Crippen molar-refractivity contribution in [1.29, 1.82) is 0 Å². The number of nitrogens with zero attached hydrogens (tertiary/aromatic N) is 2. The van der Waals surface area contributed by atoms with Crippen LogP contribution in [0.5, 0.6) is 0 Å². The average Bonchev–Trinajstić information content (AvgIpc) is 3.25. The Morgan fingerprint density at radius 3 is 2.52 bits per heavy atom. The molecule has 150 valence electrons. The van der Waals surface area contributed by atoms with E-state index in [-0.39, 0.29) is 5.91 Å². The van der Waals surface area contributed by atoms with Crippen LogP contribution < -0.4 is 5.32 Å². The van der Waals surface area contributed by atoms with Crippen molar-refractivity contribution >= 4 is 5.91 Å². The van der Waals surface area contributed by atoms with Crippen LogP contribution in [0.15, 0.2) is 47.1 Å². The fraction of sp³-hybridized carbons (Fsp3) is 0.417. The lowest BCUT2D eigenvalue weighted by atomic mass is 9.95. The number of aryl methyl sites for hydroxylation is 1. The van der Waals surface area contributed by atoms with Crippen LogP contribution in [0.1, 0.15) is 67.1 Å². The third-order valence-corrected chi connectivity index (χ3v) is 6.06. The summed E-state index contributed by atoms with van der Waals surface area (Å²) in [5, 5.41) is 3.00. The highest BCUT2D eigenvalue weighted by molar-refractivity contribution is 5.92. The maximum atomic E-state index is 12.4. The number of hydrogen-bond donors (Lipinski definition) is 1. The first-order valence-corrected chi connectivity index (χ1v) is 10.7. The van der Waals surface area contributed by atoms with Crippen molar-refractivity contribution in [3.05, 3.63) is 54.0 Å². The summed E-state index contributed by atoms with van der Waals surface area (Å²) in [5.41, 5.74) is 4.19. The molecule has 0 radical (unpaired) electrons. The number of aromatic nitrogens is 2. The highest BCUT2D eigenvalue weighted by Gasteiger charge is 2.27. The van der Waals surface area contributed by atoms with Crippen LogP contribution in [0.3, 0.4) is 0 Å². The van der Waals surface area contributed by atoms with Crippen molar-refractivity contribution in [3.8, 4) is 22.7 Å². The molecule has 2 aromatic heterocycles. The monoisotopic (exact) mass is 389 g/mol. The molecule has 5 rings (SSSR count). The van der Waals surface area contributed by atoms with Crippen LogP contribution in [0.4, 0.5) is 0 Å². The third kappa shape index (κ3) is 3.74. The molecule has 1 amide bonds. The van der Waals surface area contributed by atoms with Crippen molar-refractivity contribution < 1.29 is 9.21 Å². The maximum Gasteiger partial charge on any atom is 0.287 e. The van der Waals surface area contributed by atoms with E-state index in [1.165, 1.54) is 24.8 Å². The number of benzene rings is 1. The van der Waals surface area contributed by atoms with Gasteiger partial charge in [-0.2, -0.15) is 0 Å². The highest BCUT2D eigenvalue weighted by Crippen LogP contribution is 2.38. The summed E-state index contributed by atoms with van der Waals surface area (Å²) in [4.78, 5) is 17.2. The van der Waals surface area contributed by atoms with Gasteiger partial charge in [0.25, 0.3) is 5.91 Å². The van der Waals surface area contributed by atoms with Crippen LogP contribution in [-0.4, -0.2) is 21.5 Å². The summed E-state index contributed by atoms with van der Waals surface area (Å²) >= 11 is 0. The Labute approximate surface area is 171 Å². The topological polar surface area (TPSA) is 60.1 Å². The second kappa shape index (κ2) is 7.54. The molecular formula is C24H27N3O2. The van der Waals surface area contributed by atoms with Crippen molar-refractivity contribution in [2.24, 2.45) is 0 Å². The number of carbonyl (C=O) groups is 1. The molecule has 5 heteroatoms. The van der Waals surface area contributed by atoms with E-state index in [1.807, 2.05) is 12.4 Å². The lowest BCUT2D eigenvalue weighted by molar-refractivity contribution is 0.0924. The van der Waals surface area contributed by atoms with Crippen LogP contribution in [-0.2, 0) is 0 Å². The van der Waals surface area contributed by atoms with E-state index in [1.54, 1.807) is 6.07 Å². The van der Waals surface area contributed by atoms with Gasteiger partial charge in [0.05, 0.1) is 12.0 Å². The van der Waals surface area contributed by atoms with E-state index in [0.29, 0.717) is 23.6 Å². The molecule has 1 aromatic carbocycles. The van der Waals surface area contributed by atoms with Gasteiger partial charge in [-0.15, -0.1) is 0 Å². The standard InChI is InChI=1S/C24H27N3O2/c1-16-7-9-17(10-8-16)22-23(27(15-25-22)19-5-3-2-4-6-19)20-13-14-21(29-20)24(28)26-18-11-12-18/h7-10,13-15,18-19H,2-6,11-12H2,1H3,(H,26,28). The molecule has 2 saturated carbocycles. The van der Waals surface area contributed by atoms with Gasteiger partial charge < -0.3 is 14.3 Å². The normalized spacial score (nSPS) is 17.4. The summed E-state index contributed by atoms with van der Waals surface area (Å²) in [6.07, 6.45) is 10.2. The second-order valence-electron chi connectivity index (χ2n) is 8.42. The molecule has 0 atom stereocenters. The number of amides is 1. The molecule has 2 aliphatic rings. The quantitative estimate of drug-likeness (QED) is 0.625. The minimum absolute atomic E-state index is 0.126. The highest BCUT2D eigenvalue weighted by atomic mass is 16.4. The Morgan fingerprint density at radius 2 is 1.79 bits per heavy atom. The van der Waals surface area contributed by atoms with E-state index >= 15 is 0 Å². The number of hydrogen-bond acceptors (Lipinski definition) is 3. The molecule has 2 aliphatic carbocycles. The predicted molar refractivity (Wildman–Crippen MR) is 113 cm³/mol. The number of imidazole rings is 1. The lowest BCUT2D eigenvalue weighted by Gasteiger charge is -2.24. The van der Waals surface area contributed by atoms with Gasteiger partial charge in [-0.3, -0.25) is 4.79 Å². The van der Waals surface area contributed by atoms with Gasteiger partial charge in [-0.1, -0.05) is 49.1 Å². The summed E-state index contributed by atoms with van der Waals surface area (Å²) in [6, 6.07) is 12.9. The number of furan rings is 1. The van der Waals surface area contributed by atoms with Gasteiger partial charge in [0.1, 0.15) is 5.69 Å². The summed E-state index contributed by atoms with van der Waals surface area (Å²) in [6.45, 7) is 2.09. The van der Waals surface area contributed by atoms with E-state index in [4.69, 9.17) is 9.40 Å². The van der Waals surface area contributed by atoms with Crippen molar-refractivity contribution in [1.82, 2.24) is 14.9 Å². The Balaban J connectivity index is 1.55. The first-order valence-electron chi connectivity index (χ1n) is 10.7. The fourth-order valence-corrected chi connectivity index (χ4v) is 4.24. The molecule has 0 unspecified atom stereocenters. The second-order valence-corrected chi connectivity index (χ2v) is 8.42. The van der Waals surface area contributed by atoms with E-state index in [2.05, 4.69) is 41.1 Å². The molecule has 2 heterocycles. The molecule has 0 bridgehead atoms. The van der Waals surface area contributed by atoms with Gasteiger partial charge in [0.2, 0.25) is 0 Å². The smallest absolute Gasteiger partial charge is 0.287 e. The van der Waals surface area contributed by atoms with Crippen molar-refractivity contribution in [2.75, 3.05) is 0 Å². The first-order chi connectivity index (χ1) is 14.2. The van der Waals surface area contributed by atoms with Gasteiger partial charge in [-0.25, -0.2) is 4.98 Å².